The predicted molar refractivity (Wildman–Crippen MR) is 80.9 cm³/mol. The summed E-state index contributed by atoms with van der Waals surface area (Å²) in [6.45, 7) is 2.00. The summed E-state index contributed by atoms with van der Waals surface area (Å²) in [6.07, 6.45) is 0.567. The molecule has 0 aliphatic rings. The molecule has 1 unspecified atom stereocenters. The van der Waals surface area contributed by atoms with E-state index in [2.05, 4.69) is 0 Å². The quantitative estimate of drug-likeness (QED) is 0.818. The molecule has 0 saturated carbocycles. The molecule has 1 aromatic rings. The molecule has 0 amide bonds. The van der Waals surface area contributed by atoms with Crippen LogP contribution in [0.1, 0.15) is 24.8 Å². The highest BCUT2D eigenvalue weighted by Crippen LogP contribution is 2.47. The summed E-state index contributed by atoms with van der Waals surface area (Å²) in [5.41, 5.74) is 6.48. The molecule has 0 radical (unpaired) electrons. The first-order valence-electron chi connectivity index (χ1n) is 5.72. The predicted octanol–water partition coefficient (Wildman–Crippen LogP) is 3.15. The highest BCUT2D eigenvalue weighted by molar-refractivity contribution is 7.80. The lowest BCUT2D eigenvalue weighted by Gasteiger charge is -2.20. The zero-order valence-corrected chi connectivity index (χ0v) is 13.0. The maximum atomic E-state index is 6.20. The van der Waals surface area contributed by atoms with Crippen LogP contribution in [0.4, 0.5) is 0 Å². The SMILES string of the molecule is COc1c(Cl)cc(C(C)CC(N)=S)c(OC)c1OC. The van der Waals surface area contributed by atoms with Crippen LogP contribution in [0.3, 0.4) is 0 Å². The van der Waals surface area contributed by atoms with Crippen molar-refractivity contribution in [1.29, 1.82) is 0 Å². The van der Waals surface area contributed by atoms with Gasteiger partial charge in [-0.3, -0.25) is 0 Å². The first-order valence-corrected chi connectivity index (χ1v) is 6.51. The number of rotatable bonds is 6. The molecule has 0 heterocycles. The van der Waals surface area contributed by atoms with Gasteiger partial charge in [0.25, 0.3) is 0 Å². The molecule has 0 saturated heterocycles. The molecule has 106 valence electrons. The minimum Gasteiger partial charge on any atom is -0.492 e. The lowest BCUT2D eigenvalue weighted by molar-refractivity contribution is 0.321. The Hall–Kier alpha value is -1.20. The summed E-state index contributed by atoms with van der Waals surface area (Å²) in [6, 6.07) is 1.80. The fraction of sp³-hybridized carbons (Fsp3) is 0.462. The first-order chi connectivity index (χ1) is 8.96. The van der Waals surface area contributed by atoms with E-state index < -0.39 is 0 Å². The van der Waals surface area contributed by atoms with Crippen LogP contribution in [0.15, 0.2) is 6.07 Å². The van der Waals surface area contributed by atoms with Crippen LogP contribution in [0, 0.1) is 0 Å². The summed E-state index contributed by atoms with van der Waals surface area (Å²) in [5, 5.41) is 0.463. The molecule has 2 N–H and O–H groups in total. The van der Waals surface area contributed by atoms with Crippen LogP contribution in [0.2, 0.25) is 5.02 Å². The number of ether oxygens (including phenoxy) is 3. The van der Waals surface area contributed by atoms with Gasteiger partial charge < -0.3 is 19.9 Å². The maximum Gasteiger partial charge on any atom is 0.205 e. The highest BCUT2D eigenvalue weighted by Gasteiger charge is 2.23. The van der Waals surface area contributed by atoms with Gasteiger partial charge in [0.1, 0.15) is 0 Å². The Morgan fingerprint density at radius 1 is 1.21 bits per heavy atom. The van der Waals surface area contributed by atoms with Crippen molar-refractivity contribution in [3.05, 3.63) is 16.7 Å². The minimum absolute atomic E-state index is 0.0738. The standard InChI is InChI=1S/C13H18ClNO3S/c1-7(5-10(15)19)8-6-9(14)12(17-3)13(18-4)11(8)16-2/h6-7H,5H2,1-4H3,(H2,15,19). The summed E-state index contributed by atoms with van der Waals surface area (Å²) >= 11 is 11.1. The van der Waals surface area contributed by atoms with Crippen LogP contribution in [-0.4, -0.2) is 26.3 Å². The Labute approximate surface area is 123 Å². The molecule has 0 aromatic heterocycles. The van der Waals surface area contributed by atoms with E-state index in [1.54, 1.807) is 20.3 Å². The Bertz CT molecular complexity index is 479. The van der Waals surface area contributed by atoms with Crippen LogP contribution in [0.25, 0.3) is 0 Å². The normalized spacial score (nSPS) is 11.8. The second-order valence-electron chi connectivity index (χ2n) is 4.12. The second kappa shape index (κ2) is 6.82. The van der Waals surface area contributed by atoms with Gasteiger partial charge in [0.05, 0.1) is 31.3 Å². The van der Waals surface area contributed by atoms with Gasteiger partial charge in [-0.2, -0.15) is 0 Å². The number of hydrogen-bond acceptors (Lipinski definition) is 4. The van der Waals surface area contributed by atoms with Gasteiger partial charge in [0.2, 0.25) is 5.75 Å². The molecular weight excluding hydrogens is 286 g/mol. The van der Waals surface area contributed by atoms with Crippen LogP contribution >= 0.6 is 23.8 Å². The molecule has 0 spiro atoms. The number of thiocarbonyl (C=S) groups is 1. The fourth-order valence-electron chi connectivity index (χ4n) is 1.97. The van der Waals surface area contributed by atoms with Gasteiger partial charge in [0, 0.05) is 12.0 Å². The molecule has 0 aliphatic heterocycles. The van der Waals surface area contributed by atoms with Gasteiger partial charge in [-0.15, -0.1) is 0 Å². The molecule has 0 bridgehead atoms. The van der Waals surface area contributed by atoms with Gasteiger partial charge in [-0.05, 0) is 12.0 Å². The lowest BCUT2D eigenvalue weighted by atomic mass is 9.96. The Morgan fingerprint density at radius 3 is 2.16 bits per heavy atom. The summed E-state index contributed by atoms with van der Waals surface area (Å²) < 4.78 is 16.0. The van der Waals surface area contributed by atoms with Crippen molar-refractivity contribution in [3.63, 3.8) is 0 Å². The smallest absolute Gasteiger partial charge is 0.205 e. The maximum absolute atomic E-state index is 6.20. The average Bonchev–Trinajstić information content (AvgIpc) is 2.36. The van der Waals surface area contributed by atoms with E-state index in [0.29, 0.717) is 33.7 Å². The summed E-state index contributed by atoms with van der Waals surface area (Å²) in [5.74, 6) is 1.59. The number of hydrogen-bond donors (Lipinski definition) is 1. The van der Waals surface area contributed by atoms with Crippen molar-refractivity contribution < 1.29 is 14.2 Å². The number of nitrogens with two attached hydrogens (primary N) is 1. The van der Waals surface area contributed by atoms with E-state index in [1.165, 1.54) is 7.11 Å². The number of methoxy groups -OCH3 is 3. The van der Waals surface area contributed by atoms with Crippen LogP contribution in [-0.2, 0) is 0 Å². The monoisotopic (exact) mass is 303 g/mol. The Balaban J connectivity index is 3.39. The van der Waals surface area contributed by atoms with E-state index in [1.807, 2.05) is 6.92 Å². The van der Waals surface area contributed by atoms with E-state index in [9.17, 15) is 0 Å². The molecule has 4 nitrogen and oxygen atoms in total. The zero-order valence-electron chi connectivity index (χ0n) is 11.5. The van der Waals surface area contributed by atoms with Crippen molar-refractivity contribution in [1.82, 2.24) is 0 Å². The van der Waals surface area contributed by atoms with Crippen LogP contribution < -0.4 is 19.9 Å². The third-order valence-corrected chi connectivity index (χ3v) is 3.27. The van der Waals surface area contributed by atoms with Gasteiger partial charge >= 0.3 is 0 Å². The fourth-order valence-corrected chi connectivity index (χ4v) is 2.50. The first kappa shape index (κ1) is 15.9. The molecule has 1 atom stereocenters. The second-order valence-corrected chi connectivity index (χ2v) is 5.05. The van der Waals surface area contributed by atoms with Crippen molar-refractivity contribution >= 4 is 28.8 Å². The Morgan fingerprint density at radius 2 is 1.74 bits per heavy atom. The van der Waals surface area contributed by atoms with Crippen molar-refractivity contribution in [2.24, 2.45) is 5.73 Å². The third kappa shape index (κ3) is 3.42. The van der Waals surface area contributed by atoms with Crippen molar-refractivity contribution in [2.75, 3.05) is 21.3 Å². The average molecular weight is 304 g/mol. The van der Waals surface area contributed by atoms with E-state index >= 15 is 0 Å². The molecule has 0 fully saturated rings. The lowest BCUT2D eigenvalue weighted by Crippen LogP contribution is -2.12. The minimum atomic E-state index is 0.0738. The van der Waals surface area contributed by atoms with Gasteiger partial charge in [-0.1, -0.05) is 30.7 Å². The van der Waals surface area contributed by atoms with Gasteiger partial charge in [0.15, 0.2) is 11.5 Å². The van der Waals surface area contributed by atoms with Crippen molar-refractivity contribution in [2.45, 2.75) is 19.3 Å². The molecule has 6 heteroatoms. The third-order valence-electron chi connectivity index (χ3n) is 2.82. The molecule has 0 aliphatic carbocycles. The topological polar surface area (TPSA) is 53.7 Å². The van der Waals surface area contributed by atoms with E-state index in [0.717, 1.165) is 5.56 Å². The van der Waals surface area contributed by atoms with Gasteiger partial charge in [-0.25, -0.2) is 0 Å². The summed E-state index contributed by atoms with van der Waals surface area (Å²) in [7, 11) is 4.64. The molecule has 1 rings (SSSR count). The largest absolute Gasteiger partial charge is 0.492 e. The van der Waals surface area contributed by atoms with Crippen LogP contribution in [0.5, 0.6) is 17.2 Å². The number of benzene rings is 1. The zero-order chi connectivity index (χ0) is 14.6. The molecule has 19 heavy (non-hydrogen) atoms. The number of halogens is 1. The van der Waals surface area contributed by atoms with E-state index in [4.69, 9.17) is 43.8 Å². The van der Waals surface area contributed by atoms with Crippen molar-refractivity contribution in [3.8, 4) is 17.2 Å². The van der Waals surface area contributed by atoms with E-state index in [-0.39, 0.29) is 5.92 Å². The highest BCUT2D eigenvalue weighted by atomic mass is 35.5. The Kier molecular flexibility index (Phi) is 5.69. The molecular formula is C13H18ClNO3S. The summed E-state index contributed by atoms with van der Waals surface area (Å²) in [4.78, 5) is 0.445. The molecule has 1 aromatic carbocycles.